The second kappa shape index (κ2) is 3.48. The fraction of sp³-hybridized carbons (Fsp3) is 0.111. The Balaban J connectivity index is 2.85. The standard InChI is InChI=1S/C9H6BrClOS/c1-12-6-4-13-7-3-2-5(11)9(10)8(6)7/h2-4H,1H3. The third-order valence-electron chi connectivity index (χ3n) is 1.82. The molecule has 4 heteroatoms. The Morgan fingerprint density at radius 1 is 1.46 bits per heavy atom. The van der Waals surface area contributed by atoms with E-state index in [4.69, 9.17) is 16.3 Å². The van der Waals surface area contributed by atoms with Crippen LogP contribution in [0.3, 0.4) is 0 Å². The number of methoxy groups -OCH3 is 1. The molecular formula is C9H6BrClOS. The summed E-state index contributed by atoms with van der Waals surface area (Å²) in [4.78, 5) is 0. The van der Waals surface area contributed by atoms with Crippen LogP contribution in [0.4, 0.5) is 0 Å². The highest BCUT2D eigenvalue weighted by atomic mass is 79.9. The number of rotatable bonds is 1. The zero-order chi connectivity index (χ0) is 9.42. The maximum Gasteiger partial charge on any atom is 0.138 e. The molecule has 13 heavy (non-hydrogen) atoms. The minimum atomic E-state index is 0.712. The summed E-state index contributed by atoms with van der Waals surface area (Å²) in [5.74, 6) is 0.870. The highest BCUT2D eigenvalue weighted by Gasteiger charge is 2.10. The van der Waals surface area contributed by atoms with Gasteiger partial charge in [-0.3, -0.25) is 0 Å². The van der Waals surface area contributed by atoms with E-state index < -0.39 is 0 Å². The number of benzene rings is 1. The third kappa shape index (κ3) is 1.45. The molecule has 2 rings (SSSR count). The van der Waals surface area contributed by atoms with Crippen molar-refractivity contribution in [3.8, 4) is 5.75 Å². The van der Waals surface area contributed by atoms with Crippen LogP contribution in [-0.4, -0.2) is 7.11 Å². The van der Waals surface area contributed by atoms with Gasteiger partial charge in [0.2, 0.25) is 0 Å². The summed E-state index contributed by atoms with van der Waals surface area (Å²) in [6.07, 6.45) is 0. The van der Waals surface area contributed by atoms with Crippen molar-refractivity contribution < 1.29 is 4.74 Å². The van der Waals surface area contributed by atoms with Gasteiger partial charge in [0.25, 0.3) is 0 Å². The molecule has 0 unspecified atom stereocenters. The molecule has 2 aromatic rings. The summed E-state index contributed by atoms with van der Waals surface area (Å²) in [5, 5.41) is 3.75. The Morgan fingerprint density at radius 2 is 2.23 bits per heavy atom. The number of hydrogen-bond acceptors (Lipinski definition) is 2. The van der Waals surface area contributed by atoms with E-state index in [1.165, 1.54) is 4.70 Å². The topological polar surface area (TPSA) is 9.23 Å². The van der Waals surface area contributed by atoms with E-state index in [1.807, 2.05) is 17.5 Å². The predicted octanol–water partition coefficient (Wildman–Crippen LogP) is 4.33. The second-order valence-electron chi connectivity index (χ2n) is 2.54. The van der Waals surface area contributed by atoms with Crippen LogP contribution in [0.15, 0.2) is 22.0 Å². The van der Waals surface area contributed by atoms with Crippen LogP contribution in [-0.2, 0) is 0 Å². The molecule has 0 aliphatic carbocycles. The molecule has 0 saturated heterocycles. The highest BCUT2D eigenvalue weighted by Crippen LogP contribution is 2.40. The molecule has 0 radical (unpaired) electrons. The van der Waals surface area contributed by atoms with Crippen LogP contribution < -0.4 is 4.74 Å². The molecule has 1 heterocycles. The molecule has 0 aliphatic heterocycles. The first-order valence-electron chi connectivity index (χ1n) is 3.63. The molecule has 0 atom stereocenters. The Morgan fingerprint density at radius 3 is 2.92 bits per heavy atom. The van der Waals surface area contributed by atoms with E-state index in [-0.39, 0.29) is 0 Å². The van der Waals surface area contributed by atoms with Crippen LogP contribution >= 0.6 is 38.9 Å². The van der Waals surface area contributed by atoms with Gasteiger partial charge in [-0.15, -0.1) is 11.3 Å². The van der Waals surface area contributed by atoms with Gasteiger partial charge in [-0.2, -0.15) is 0 Å². The molecule has 0 bridgehead atoms. The van der Waals surface area contributed by atoms with E-state index in [0.717, 1.165) is 15.6 Å². The molecule has 0 fully saturated rings. The van der Waals surface area contributed by atoms with Crippen molar-refractivity contribution in [1.82, 2.24) is 0 Å². The normalized spacial score (nSPS) is 10.7. The number of thiophene rings is 1. The molecule has 0 saturated carbocycles. The Bertz CT molecular complexity index is 452. The SMILES string of the molecule is COc1csc2ccc(Cl)c(Br)c12. The van der Waals surface area contributed by atoms with Crippen LogP contribution in [0, 0.1) is 0 Å². The van der Waals surface area contributed by atoms with Gasteiger partial charge in [-0.05, 0) is 28.1 Å². The number of fused-ring (bicyclic) bond motifs is 1. The van der Waals surface area contributed by atoms with E-state index in [0.29, 0.717) is 5.02 Å². The average Bonchev–Trinajstić information content (AvgIpc) is 2.55. The van der Waals surface area contributed by atoms with Crippen LogP contribution in [0.5, 0.6) is 5.75 Å². The van der Waals surface area contributed by atoms with E-state index in [2.05, 4.69) is 15.9 Å². The molecular weight excluding hydrogens is 272 g/mol. The van der Waals surface area contributed by atoms with Gasteiger partial charge in [0.1, 0.15) is 5.75 Å². The van der Waals surface area contributed by atoms with Gasteiger partial charge in [0, 0.05) is 14.6 Å². The number of ether oxygens (including phenoxy) is 1. The summed E-state index contributed by atoms with van der Waals surface area (Å²) in [6, 6.07) is 3.87. The lowest BCUT2D eigenvalue weighted by atomic mass is 10.2. The zero-order valence-electron chi connectivity index (χ0n) is 6.80. The van der Waals surface area contributed by atoms with Crippen molar-refractivity contribution in [3.05, 3.63) is 27.0 Å². The average molecular weight is 278 g/mol. The first-order chi connectivity index (χ1) is 6.24. The van der Waals surface area contributed by atoms with Crippen molar-refractivity contribution in [3.63, 3.8) is 0 Å². The van der Waals surface area contributed by atoms with E-state index >= 15 is 0 Å². The number of halogens is 2. The van der Waals surface area contributed by atoms with Gasteiger partial charge in [0.15, 0.2) is 0 Å². The first-order valence-corrected chi connectivity index (χ1v) is 5.68. The van der Waals surface area contributed by atoms with Crippen LogP contribution in [0.1, 0.15) is 0 Å². The summed E-state index contributed by atoms with van der Waals surface area (Å²) in [6.45, 7) is 0. The van der Waals surface area contributed by atoms with Crippen molar-refractivity contribution in [2.45, 2.75) is 0 Å². The van der Waals surface area contributed by atoms with Gasteiger partial charge in [-0.1, -0.05) is 11.6 Å². The number of hydrogen-bond donors (Lipinski definition) is 0. The highest BCUT2D eigenvalue weighted by molar-refractivity contribution is 9.10. The smallest absolute Gasteiger partial charge is 0.138 e. The van der Waals surface area contributed by atoms with Gasteiger partial charge >= 0.3 is 0 Å². The Labute approximate surface area is 93.4 Å². The van der Waals surface area contributed by atoms with Crippen molar-refractivity contribution >= 4 is 49.0 Å². The monoisotopic (exact) mass is 276 g/mol. The lowest BCUT2D eigenvalue weighted by Gasteiger charge is -2.00. The lowest BCUT2D eigenvalue weighted by Crippen LogP contribution is -1.80. The molecule has 0 spiro atoms. The maximum atomic E-state index is 5.98. The minimum Gasteiger partial charge on any atom is -0.495 e. The fourth-order valence-corrected chi connectivity index (χ4v) is 2.93. The maximum absolute atomic E-state index is 5.98. The molecule has 0 aliphatic rings. The lowest BCUT2D eigenvalue weighted by molar-refractivity contribution is 0.421. The van der Waals surface area contributed by atoms with Crippen LogP contribution in [0.25, 0.3) is 10.1 Å². The molecule has 68 valence electrons. The molecule has 1 aromatic heterocycles. The van der Waals surface area contributed by atoms with Gasteiger partial charge in [0.05, 0.1) is 17.5 Å². The summed E-state index contributed by atoms with van der Waals surface area (Å²) in [7, 11) is 1.66. The minimum absolute atomic E-state index is 0.712. The molecule has 0 amide bonds. The largest absolute Gasteiger partial charge is 0.495 e. The second-order valence-corrected chi connectivity index (χ2v) is 4.65. The zero-order valence-corrected chi connectivity index (χ0v) is 9.96. The Kier molecular flexibility index (Phi) is 2.49. The quantitative estimate of drug-likeness (QED) is 0.754. The van der Waals surface area contributed by atoms with Crippen LogP contribution in [0.2, 0.25) is 5.02 Å². The fourth-order valence-electron chi connectivity index (χ4n) is 1.19. The third-order valence-corrected chi connectivity index (χ3v) is 4.11. The van der Waals surface area contributed by atoms with Crippen molar-refractivity contribution in [2.75, 3.05) is 7.11 Å². The van der Waals surface area contributed by atoms with E-state index in [1.54, 1.807) is 18.4 Å². The molecule has 1 nitrogen and oxygen atoms in total. The van der Waals surface area contributed by atoms with Gasteiger partial charge < -0.3 is 4.74 Å². The van der Waals surface area contributed by atoms with Crippen molar-refractivity contribution in [1.29, 1.82) is 0 Å². The summed E-state index contributed by atoms with van der Waals surface area (Å²) >= 11 is 11.1. The van der Waals surface area contributed by atoms with Gasteiger partial charge in [-0.25, -0.2) is 0 Å². The van der Waals surface area contributed by atoms with E-state index in [9.17, 15) is 0 Å². The Hall–Kier alpha value is -0.250. The van der Waals surface area contributed by atoms with Crippen molar-refractivity contribution in [2.24, 2.45) is 0 Å². The first kappa shape index (κ1) is 9.31. The molecule has 1 aromatic carbocycles. The predicted molar refractivity (Wildman–Crippen MR) is 61.1 cm³/mol. The molecule has 0 N–H and O–H groups in total. The summed E-state index contributed by atoms with van der Waals surface area (Å²) < 4.78 is 7.31. The summed E-state index contributed by atoms with van der Waals surface area (Å²) in [5.41, 5.74) is 0.